The zero-order valence-electron chi connectivity index (χ0n) is 13.2. The first-order valence-corrected chi connectivity index (χ1v) is 9.13. The van der Waals surface area contributed by atoms with Crippen molar-refractivity contribution in [1.29, 1.82) is 0 Å². The molecule has 0 radical (unpaired) electrons. The van der Waals surface area contributed by atoms with Crippen LogP contribution in [-0.2, 0) is 6.42 Å². The van der Waals surface area contributed by atoms with Gasteiger partial charge in [0.15, 0.2) is 0 Å². The van der Waals surface area contributed by atoms with Crippen LogP contribution in [0.5, 0.6) is 0 Å². The van der Waals surface area contributed by atoms with Crippen molar-refractivity contribution < 1.29 is 0 Å². The summed E-state index contributed by atoms with van der Waals surface area (Å²) in [5.41, 5.74) is 2.68. The zero-order chi connectivity index (χ0) is 15.4. The maximum atomic E-state index is 2.60. The number of halogens is 1. The van der Waals surface area contributed by atoms with Gasteiger partial charge in [-0.3, -0.25) is 0 Å². The van der Waals surface area contributed by atoms with Crippen LogP contribution in [0.2, 0.25) is 0 Å². The highest BCUT2D eigenvalue weighted by atomic mass is 127. The number of piperazine rings is 1. The zero-order valence-corrected chi connectivity index (χ0v) is 15.4. The Morgan fingerprint density at radius 1 is 1.00 bits per heavy atom. The summed E-state index contributed by atoms with van der Waals surface area (Å²) in [5, 5.41) is 0. The van der Waals surface area contributed by atoms with E-state index in [1.807, 2.05) is 0 Å². The van der Waals surface area contributed by atoms with Crippen LogP contribution in [0.25, 0.3) is 5.69 Å². The van der Waals surface area contributed by atoms with Gasteiger partial charge >= 0.3 is 0 Å². The second-order valence-corrected chi connectivity index (χ2v) is 7.34. The molecule has 0 unspecified atom stereocenters. The van der Waals surface area contributed by atoms with Crippen LogP contribution in [0.3, 0.4) is 0 Å². The summed E-state index contributed by atoms with van der Waals surface area (Å²) in [4.78, 5) is 5.01. The molecule has 0 saturated carbocycles. The topological polar surface area (TPSA) is 11.4 Å². The van der Waals surface area contributed by atoms with Crippen LogP contribution in [0.15, 0.2) is 42.6 Å². The minimum absolute atomic E-state index is 1.14. The van der Waals surface area contributed by atoms with Crippen LogP contribution in [-0.4, -0.2) is 54.1 Å². The van der Waals surface area contributed by atoms with Gasteiger partial charge in [-0.25, -0.2) is 0 Å². The smallest absolute Gasteiger partial charge is 0.0452 e. The molecular formula is C18H24IN3. The minimum Gasteiger partial charge on any atom is -0.321 e. The van der Waals surface area contributed by atoms with Crippen LogP contribution in [0, 0.1) is 3.57 Å². The fourth-order valence-electron chi connectivity index (χ4n) is 3.03. The van der Waals surface area contributed by atoms with Gasteiger partial charge in [0, 0.05) is 47.3 Å². The summed E-state index contributed by atoms with van der Waals surface area (Å²) >= 11 is 2.35. The molecule has 0 aliphatic carbocycles. The largest absolute Gasteiger partial charge is 0.321 e. The predicted octanol–water partition coefficient (Wildman–Crippen LogP) is 3.26. The van der Waals surface area contributed by atoms with Crippen molar-refractivity contribution in [3.63, 3.8) is 0 Å². The van der Waals surface area contributed by atoms with E-state index in [4.69, 9.17) is 0 Å². The number of aryl methyl sites for hydroxylation is 1. The molecule has 3 rings (SSSR count). The molecule has 3 nitrogen and oxygen atoms in total. The van der Waals surface area contributed by atoms with E-state index >= 15 is 0 Å². The van der Waals surface area contributed by atoms with Crippen LogP contribution < -0.4 is 0 Å². The number of hydrogen-bond donors (Lipinski definition) is 0. The normalized spacial score (nSPS) is 17.0. The summed E-state index contributed by atoms with van der Waals surface area (Å²) in [6.45, 7) is 6.06. The van der Waals surface area contributed by atoms with E-state index in [0.717, 1.165) is 6.42 Å². The molecule has 1 saturated heterocycles. The van der Waals surface area contributed by atoms with Crippen molar-refractivity contribution in [2.45, 2.75) is 12.8 Å². The molecule has 0 spiro atoms. The molecule has 0 N–H and O–H groups in total. The number of benzene rings is 1. The molecule has 1 aromatic carbocycles. The third-order valence-corrected chi connectivity index (χ3v) is 5.16. The lowest BCUT2D eigenvalue weighted by Crippen LogP contribution is -2.44. The Bertz CT molecular complexity index is 583. The van der Waals surface area contributed by atoms with E-state index < -0.39 is 0 Å². The Balaban J connectivity index is 1.55. The van der Waals surface area contributed by atoms with E-state index in [-0.39, 0.29) is 0 Å². The third-order valence-electron chi connectivity index (χ3n) is 4.44. The average molecular weight is 409 g/mol. The average Bonchev–Trinajstić information content (AvgIpc) is 2.98. The number of rotatable bonds is 5. The Hall–Kier alpha value is -0.850. The predicted molar refractivity (Wildman–Crippen MR) is 101 cm³/mol. The number of hydrogen-bond acceptors (Lipinski definition) is 2. The summed E-state index contributed by atoms with van der Waals surface area (Å²) in [7, 11) is 2.21. The van der Waals surface area contributed by atoms with Gasteiger partial charge in [0.05, 0.1) is 0 Å². The molecule has 0 atom stereocenters. The van der Waals surface area contributed by atoms with Crippen molar-refractivity contribution in [3.8, 4) is 5.69 Å². The Morgan fingerprint density at radius 3 is 2.45 bits per heavy atom. The molecular weight excluding hydrogens is 385 g/mol. The number of aromatic nitrogens is 1. The molecule has 1 fully saturated rings. The molecule has 0 amide bonds. The van der Waals surface area contributed by atoms with Gasteiger partial charge in [0.25, 0.3) is 0 Å². The molecule has 4 heteroatoms. The molecule has 118 valence electrons. The van der Waals surface area contributed by atoms with E-state index in [1.54, 1.807) is 0 Å². The summed E-state index contributed by atoms with van der Waals surface area (Å²) in [5.74, 6) is 0. The highest BCUT2D eigenvalue weighted by Gasteiger charge is 2.13. The Morgan fingerprint density at radius 2 is 1.73 bits per heavy atom. The van der Waals surface area contributed by atoms with Crippen LogP contribution in [0.1, 0.15) is 12.1 Å². The molecule has 2 aromatic rings. The first-order chi connectivity index (χ1) is 10.7. The van der Waals surface area contributed by atoms with Crippen molar-refractivity contribution in [1.82, 2.24) is 14.4 Å². The summed E-state index contributed by atoms with van der Waals surface area (Å²) < 4.78 is 3.60. The van der Waals surface area contributed by atoms with Crippen molar-refractivity contribution in [2.24, 2.45) is 0 Å². The monoisotopic (exact) mass is 409 g/mol. The van der Waals surface area contributed by atoms with Gasteiger partial charge in [-0.1, -0.05) is 0 Å². The summed E-state index contributed by atoms with van der Waals surface area (Å²) in [6.07, 6.45) is 4.55. The third kappa shape index (κ3) is 4.12. The highest BCUT2D eigenvalue weighted by molar-refractivity contribution is 14.1. The lowest BCUT2D eigenvalue weighted by Gasteiger charge is -2.32. The molecule has 1 aliphatic rings. The number of nitrogens with zero attached hydrogens (tertiary/aromatic N) is 3. The summed E-state index contributed by atoms with van der Waals surface area (Å²) in [6, 6.07) is 13.1. The van der Waals surface area contributed by atoms with Crippen molar-refractivity contribution in [3.05, 3.63) is 51.9 Å². The standard InChI is InChI=1S/C18H24IN3/c1-20-12-14-21(15-13-20)10-2-4-17-5-3-11-22(17)18-8-6-16(19)7-9-18/h3,5-9,11H,2,4,10,12-15H2,1H3. The van der Waals surface area contributed by atoms with Gasteiger partial charge < -0.3 is 14.4 Å². The Labute approximate surface area is 147 Å². The maximum Gasteiger partial charge on any atom is 0.0452 e. The van der Waals surface area contributed by atoms with Gasteiger partial charge in [0.2, 0.25) is 0 Å². The van der Waals surface area contributed by atoms with E-state index in [1.165, 1.54) is 54.1 Å². The van der Waals surface area contributed by atoms with E-state index in [2.05, 4.69) is 86.6 Å². The van der Waals surface area contributed by atoms with E-state index in [9.17, 15) is 0 Å². The Kier molecular flexibility index (Phi) is 5.55. The van der Waals surface area contributed by atoms with Crippen LogP contribution in [0.4, 0.5) is 0 Å². The molecule has 2 heterocycles. The first-order valence-electron chi connectivity index (χ1n) is 8.05. The van der Waals surface area contributed by atoms with Gasteiger partial charge in [-0.15, -0.1) is 0 Å². The van der Waals surface area contributed by atoms with Gasteiger partial charge in [-0.2, -0.15) is 0 Å². The second kappa shape index (κ2) is 7.62. The van der Waals surface area contributed by atoms with Crippen molar-refractivity contribution in [2.75, 3.05) is 39.8 Å². The molecule has 22 heavy (non-hydrogen) atoms. The lowest BCUT2D eigenvalue weighted by molar-refractivity contribution is 0.153. The maximum absolute atomic E-state index is 2.60. The fraction of sp³-hybridized carbons (Fsp3) is 0.444. The SMILES string of the molecule is CN1CCN(CCCc2cccn2-c2ccc(I)cc2)CC1. The van der Waals surface area contributed by atoms with Crippen LogP contribution >= 0.6 is 22.6 Å². The van der Waals surface area contributed by atoms with Crippen molar-refractivity contribution >= 4 is 22.6 Å². The van der Waals surface area contributed by atoms with E-state index in [0.29, 0.717) is 0 Å². The van der Waals surface area contributed by atoms with Gasteiger partial charge in [0.1, 0.15) is 0 Å². The second-order valence-electron chi connectivity index (χ2n) is 6.09. The quantitative estimate of drug-likeness (QED) is 0.703. The molecule has 1 aromatic heterocycles. The minimum atomic E-state index is 1.14. The molecule has 0 bridgehead atoms. The fourth-order valence-corrected chi connectivity index (χ4v) is 3.39. The first kappa shape index (κ1) is 16.0. The lowest BCUT2D eigenvalue weighted by atomic mass is 10.2. The number of likely N-dealkylation sites (N-methyl/N-ethyl adjacent to an activating group) is 1. The van der Waals surface area contributed by atoms with Gasteiger partial charge in [-0.05, 0) is 85.4 Å². The molecule has 1 aliphatic heterocycles. The highest BCUT2D eigenvalue weighted by Crippen LogP contribution is 2.16.